The second-order valence-electron chi connectivity index (χ2n) is 4.68. The van der Waals surface area contributed by atoms with Crippen molar-refractivity contribution in [2.45, 2.75) is 30.5 Å². The molecule has 96 valence electrons. The molecule has 0 aliphatic heterocycles. The summed E-state index contributed by atoms with van der Waals surface area (Å²) in [5.41, 5.74) is 0.728. The zero-order valence-electron chi connectivity index (χ0n) is 10.1. The Bertz CT molecular complexity index is 371. The molecule has 0 aliphatic rings. The van der Waals surface area contributed by atoms with Gasteiger partial charge in [0, 0.05) is 5.92 Å². The molecule has 1 aromatic carbocycles. The minimum Gasteiger partial charge on any atom is -0.207 e. The first-order valence-corrected chi connectivity index (χ1v) is 6.69. The molecule has 0 saturated heterocycles. The topological polar surface area (TPSA) is 0 Å². The molecule has 2 unspecified atom stereocenters. The molecule has 0 fully saturated rings. The predicted octanol–water partition coefficient (Wildman–Crippen LogP) is 5.57. The molecule has 0 bridgehead atoms. The Kier molecular flexibility index (Phi) is 5.12. The van der Waals surface area contributed by atoms with Gasteiger partial charge in [-0.25, -0.2) is 4.39 Å². The fourth-order valence-corrected chi connectivity index (χ4v) is 2.85. The molecule has 0 radical (unpaired) electrons. The van der Waals surface area contributed by atoms with Crippen LogP contribution in [0.4, 0.5) is 4.39 Å². The second kappa shape index (κ2) is 5.77. The van der Waals surface area contributed by atoms with E-state index in [4.69, 9.17) is 34.8 Å². The van der Waals surface area contributed by atoms with E-state index in [1.807, 2.05) is 6.92 Å². The Labute approximate surface area is 117 Å². The Morgan fingerprint density at radius 2 is 1.71 bits per heavy atom. The van der Waals surface area contributed by atoms with Crippen LogP contribution >= 0.6 is 34.8 Å². The van der Waals surface area contributed by atoms with Gasteiger partial charge in [0.25, 0.3) is 0 Å². The molecule has 0 saturated carbocycles. The van der Waals surface area contributed by atoms with E-state index in [0.717, 1.165) is 5.56 Å². The highest BCUT2D eigenvalue weighted by Crippen LogP contribution is 2.47. The molecule has 0 aromatic heterocycles. The number of rotatable bonds is 3. The summed E-state index contributed by atoms with van der Waals surface area (Å²) in [5.74, 6) is -0.135. The summed E-state index contributed by atoms with van der Waals surface area (Å²) in [6.45, 7) is 6.14. The summed E-state index contributed by atoms with van der Waals surface area (Å²) in [4.78, 5) is 0. The molecular formula is C13H16Cl3F. The lowest BCUT2D eigenvalue weighted by Crippen LogP contribution is -2.27. The number of benzene rings is 1. The average Bonchev–Trinajstić information content (AvgIpc) is 2.15. The van der Waals surface area contributed by atoms with E-state index < -0.39 is 3.79 Å². The lowest BCUT2D eigenvalue weighted by Gasteiger charge is -2.32. The largest absolute Gasteiger partial charge is 0.207 e. The van der Waals surface area contributed by atoms with Crippen molar-refractivity contribution in [3.63, 3.8) is 0 Å². The number of alkyl halides is 3. The van der Waals surface area contributed by atoms with Crippen molar-refractivity contribution in [1.82, 2.24) is 0 Å². The van der Waals surface area contributed by atoms with E-state index in [2.05, 4.69) is 13.8 Å². The van der Waals surface area contributed by atoms with Gasteiger partial charge < -0.3 is 0 Å². The summed E-state index contributed by atoms with van der Waals surface area (Å²) in [6, 6.07) is 6.26. The van der Waals surface area contributed by atoms with Gasteiger partial charge in [-0.15, -0.1) is 0 Å². The van der Waals surface area contributed by atoms with Crippen LogP contribution < -0.4 is 0 Å². The summed E-state index contributed by atoms with van der Waals surface area (Å²) >= 11 is 18.1. The normalized spacial score (nSPS) is 16.0. The number of hydrogen-bond acceptors (Lipinski definition) is 0. The van der Waals surface area contributed by atoms with Gasteiger partial charge in [0.05, 0.1) is 0 Å². The Hall–Kier alpha value is 0.0200. The monoisotopic (exact) mass is 296 g/mol. The van der Waals surface area contributed by atoms with Crippen molar-refractivity contribution in [3.8, 4) is 0 Å². The van der Waals surface area contributed by atoms with Gasteiger partial charge in [0.1, 0.15) is 5.82 Å². The number of halogens is 4. The van der Waals surface area contributed by atoms with Crippen molar-refractivity contribution in [2.24, 2.45) is 11.8 Å². The molecule has 0 heterocycles. The third-order valence-corrected chi connectivity index (χ3v) is 3.84. The SMILES string of the molecule is CC(C)C(C)C(c1cccc(F)c1)C(Cl)(Cl)Cl. The third-order valence-electron chi connectivity index (χ3n) is 3.14. The molecule has 2 atom stereocenters. The van der Waals surface area contributed by atoms with Crippen molar-refractivity contribution >= 4 is 34.8 Å². The van der Waals surface area contributed by atoms with E-state index >= 15 is 0 Å². The minimum atomic E-state index is -1.43. The molecule has 0 aliphatic carbocycles. The fraction of sp³-hybridized carbons (Fsp3) is 0.538. The quantitative estimate of drug-likeness (QED) is 0.640. The van der Waals surface area contributed by atoms with Crippen LogP contribution in [0.2, 0.25) is 0 Å². The van der Waals surface area contributed by atoms with Crippen LogP contribution in [0.5, 0.6) is 0 Å². The van der Waals surface area contributed by atoms with E-state index in [0.29, 0.717) is 5.92 Å². The van der Waals surface area contributed by atoms with Crippen molar-refractivity contribution in [2.75, 3.05) is 0 Å². The smallest absolute Gasteiger partial charge is 0.197 e. The van der Waals surface area contributed by atoms with E-state index in [1.165, 1.54) is 12.1 Å². The molecule has 0 nitrogen and oxygen atoms in total. The first kappa shape index (κ1) is 15.1. The zero-order chi connectivity index (χ0) is 13.2. The van der Waals surface area contributed by atoms with Crippen molar-refractivity contribution < 1.29 is 4.39 Å². The second-order valence-corrected chi connectivity index (χ2v) is 7.05. The maximum Gasteiger partial charge on any atom is 0.197 e. The lowest BCUT2D eigenvalue weighted by molar-refractivity contribution is 0.347. The highest BCUT2D eigenvalue weighted by molar-refractivity contribution is 6.68. The van der Waals surface area contributed by atoms with E-state index in [-0.39, 0.29) is 17.7 Å². The maximum atomic E-state index is 13.3. The Morgan fingerprint density at radius 3 is 2.12 bits per heavy atom. The van der Waals surface area contributed by atoms with Gasteiger partial charge in [-0.3, -0.25) is 0 Å². The molecule has 0 amide bonds. The van der Waals surface area contributed by atoms with Gasteiger partial charge in [0.15, 0.2) is 3.79 Å². The van der Waals surface area contributed by atoms with E-state index in [9.17, 15) is 4.39 Å². The molecule has 1 aromatic rings. The van der Waals surface area contributed by atoms with Gasteiger partial charge in [-0.2, -0.15) is 0 Å². The summed E-state index contributed by atoms with van der Waals surface area (Å²) in [5, 5.41) is 0. The molecule has 0 spiro atoms. The van der Waals surface area contributed by atoms with Crippen LogP contribution in [-0.4, -0.2) is 3.79 Å². The van der Waals surface area contributed by atoms with Gasteiger partial charge in [-0.1, -0.05) is 67.7 Å². The van der Waals surface area contributed by atoms with E-state index in [1.54, 1.807) is 12.1 Å². The molecular weight excluding hydrogens is 282 g/mol. The first-order chi connectivity index (χ1) is 7.73. The minimum absolute atomic E-state index is 0.143. The summed E-state index contributed by atoms with van der Waals surface area (Å²) < 4.78 is 11.8. The van der Waals surface area contributed by atoms with Gasteiger partial charge >= 0.3 is 0 Å². The Morgan fingerprint density at radius 1 is 1.12 bits per heavy atom. The highest BCUT2D eigenvalue weighted by atomic mass is 35.6. The molecule has 0 N–H and O–H groups in total. The lowest BCUT2D eigenvalue weighted by atomic mass is 9.81. The summed E-state index contributed by atoms with van der Waals surface area (Å²) in [7, 11) is 0. The fourth-order valence-electron chi connectivity index (χ4n) is 1.88. The van der Waals surface area contributed by atoms with Crippen LogP contribution in [0.25, 0.3) is 0 Å². The molecule has 4 heteroatoms. The summed E-state index contributed by atoms with van der Waals surface area (Å²) in [6.07, 6.45) is 0. The molecule has 1 rings (SSSR count). The number of hydrogen-bond donors (Lipinski definition) is 0. The van der Waals surface area contributed by atoms with Crippen LogP contribution in [-0.2, 0) is 0 Å². The average molecular weight is 298 g/mol. The standard InChI is InChI=1S/C13H16Cl3F/c1-8(2)9(3)12(13(14,15)16)10-5-4-6-11(17)7-10/h4-9,12H,1-3H3. The van der Waals surface area contributed by atoms with Gasteiger partial charge in [-0.05, 0) is 29.5 Å². The van der Waals surface area contributed by atoms with Crippen LogP contribution in [0.15, 0.2) is 24.3 Å². The zero-order valence-corrected chi connectivity index (χ0v) is 12.3. The van der Waals surface area contributed by atoms with Gasteiger partial charge in [0.2, 0.25) is 0 Å². The third kappa shape index (κ3) is 4.01. The van der Waals surface area contributed by atoms with Crippen LogP contribution in [0.3, 0.4) is 0 Å². The highest BCUT2D eigenvalue weighted by Gasteiger charge is 2.38. The molecule has 17 heavy (non-hydrogen) atoms. The van der Waals surface area contributed by atoms with Crippen LogP contribution in [0.1, 0.15) is 32.3 Å². The maximum absolute atomic E-state index is 13.3. The predicted molar refractivity (Wildman–Crippen MR) is 73.4 cm³/mol. The van der Waals surface area contributed by atoms with Crippen LogP contribution in [0, 0.1) is 17.7 Å². The Balaban J connectivity index is 3.16. The first-order valence-electron chi connectivity index (χ1n) is 5.55. The van der Waals surface area contributed by atoms with Crippen molar-refractivity contribution in [3.05, 3.63) is 35.6 Å². The van der Waals surface area contributed by atoms with Crippen molar-refractivity contribution in [1.29, 1.82) is 0 Å².